The molecule has 1 atom stereocenters. The number of carbonyl (C=O) groups is 1. The smallest absolute Gasteiger partial charge is 0.251 e. The van der Waals surface area contributed by atoms with Gasteiger partial charge in [0.15, 0.2) is 0 Å². The first kappa shape index (κ1) is 23.0. The molecule has 0 unspecified atom stereocenters. The number of nitrogens with one attached hydrogen (secondary N) is 2. The van der Waals surface area contributed by atoms with Crippen LogP contribution < -0.4 is 20.3 Å². The maximum atomic E-state index is 11.9. The second-order valence-corrected chi connectivity index (χ2v) is 7.53. The molecular formula is C24H30N6O2. The zero-order valence-corrected chi connectivity index (χ0v) is 19.2. The Morgan fingerprint density at radius 1 is 1.16 bits per heavy atom. The number of nitrogens with zero attached hydrogens (tertiary/aromatic N) is 4. The normalized spacial score (nSPS) is 11.5. The molecule has 0 bridgehead atoms. The van der Waals surface area contributed by atoms with Gasteiger partial charge in [-0.25, -0.2) is 15.0 Å². The van der Waals surface area contributed by atoms with E-state index in [2.05, 4.69) is 44.3 Å². The number of hydrogen-bond donors (Lipinski definition) is 2. The van der Waals surface area contributed by atoms with Crippen LogP contribution in [0.15, 0.2) is 48.9 Å². The summed E-state index contributed by atoms with van der Waals surface area (Å²) in [7, 11) is 5.23. The Labute approximate surface area is 189 Å². The minimum absolute atomic E-state index is 0.132. The monoisotopic (exact) mass is 434 g/mol. The van der Waals surface area contributed by atoms with Crippen molar-refractivity contribution in [2.24, 2.45) is 0 Å². The van der Waals surface area contributed by atoms with Crippen molar-refractivity contribution in [3.05, 3.63) is 60.0 Å². The summed E-state index contributed by atoms with van der Waals surface area (Å²) in [6.07, 6.45) is 3.38. The van der Waals surface area contributed by atoms with Crippen LogP contribution in [0.2, 0.25) is 0 Å². The average Bonchev–Trinajstić information content (AvgIpc) is 2.86. The molecule has 32 heavy (non-hydrogen) atoms. The molecule has 0 saturated heterocycles. The van der Waals surface area contributed by atoms with E-state index in [0.717, 1.165) is 35.0 Å². The van der Waals surface area contributed by atoms with E-state index >= 15 is 0 Å². The van der Waals surface area contributed by atoms with Crippen LogP contribution >= 0.6 is 0 Å². The van der Waals surface area contributed by atoms with Gasteiger partial charge in [0.05, 0.1) is 12.8 Å². The lowest BCUT2D eigenvalue weighted by molar-refractivity contribution is 0.0962. The number of amides is 1. The summed E-state index contributed by atoms with van der Waals surface area (Å²) in [5, 5.41) is 6.01. The van der Waals surface area contributed by atoms with Crippen LogP contribution in [0.1, 0.15) is 35.7 Å². The zero-order chi connectivity index (χ0) is 23.1. The summed E-state index contributed by atoms with van der Waals surface area (Å²) in [6, 6.07) is 11.4. The second kappa shape index (κ2) is 10.6. The summed E-state index contributed by atoms with van der Waals surface area (Å²) in [5.74, 6) is 2.34. The van der Waals surface area contributed by atoms with Gasteiger partial charge in [-0.3, -0.25) is 4.79 Å². The van der Waals surface area contributed by atoms with Crippen molar-refractivity contribution in [3.63, 3.8) is 0 Å². The molecule has 0 spiro atoms. The van der Waals surface area contributed by atoms with Gasteiger partial charge in [-0.05, 0) is 36.8 Å². The number of anilines is 2. The molecular weight excluding hydrogens is 404 g/mol. The number of carbonyl (C=O) groups excluding carboxylic acids is 1. The SMILES string of the molecule is CCN(C)c1ccc(-c2cc(NC[C@@H](C)c3ccc(C(=O)NC)cc3OC)ncn2)cn1. The Bertz CT molecular complexity index is 1050. The molecule has 0 saturated carbocycles. The third-order valence-electron chi connectivity index (χ3n) is 5.42. The molecule has 2 N–H and O–H groups in total. The fourth-order valence-corrected chi connectivity index (χ4v) is 3.31. The number of hydrogen-bond acceptors (Lipinski definition) is 7. The van der Waals surface area contributed by atoms with Crippen LogP contribution in [0.4, 0.5) is 11.6 Å². The first-order valence-corrected chi connectivity index (χ1v) is 10.6. The largest absolute Gasteiger partial charge is 0.496 e. The Balaban J connectivity index is 1.70. The molecule has 3 rings (SSSR count). The highest BCUT2D eigenvalue weighted by atomic mass is 16.5. The van der Waals surface area contributed by atoms with E-state index < -0.39 is 0 Å². The van der Waals surface area contributed by atoms with Crippen molar-refractivity contribution < 1.29 is 9.53 Å². The number of aromatic nitrogens is 3. The number of rotatable bonds is 9. The van der Waals surface area contributed by atoms with E-state index in [1.807, 2.05) is 43.6 Å². The molecule has 2 aromatic heterocycles. The minimum Gasteiger partial charge on any atom is -0.496 e. The Kier molecular flexibility index (Phi) is 7.59. The van der Waals surface area contributed by atoms with Gasteiger partial charge in [-0.15, -0.1) is 0 Å². The third kappa shape index (κ3) is 5.32. The predicted octanol–water partition coefficient (Wildman–Crippen LogP) is 3.58. The van der Waals surface area contributed by atoms with Crippen LogP contribution in [0, 0.1) is 0 Å². The fraction of sp³-hybridized carbons (Fsp3) is 0.333. The highest BCUT2D eigenvalue weighted by Crippen LogP contribution is 2.28. The molecule has 8 heteroatoms. The summed E-state index contributed by atoms with van der Waals surface area (Å²) in [6.45, 7) is 5.72. The van der Waals surface area contributed by atoms with E-state index in [9.17, 15) is 4.79 Å². The molecule has 0 aliphatic heterocycles. The molecule has 0 aliphatic rings. The van der Waals surface area contributed by atoms with E-state index in [4.69, 9.17) is 4.74 Å². The van der Waals surface area contributed by atoms with Crippen LogP contribution in [0.5, 0.6) is 5.75 Å². The van der Waals surface area contributed by atoms with Crippen molar-refractivity contribution in [1.29, 1.82) is 0 Å². The van der Waals surface area contributed by atoms with E-state index in [-0.39, 0.29) is 11.8 Å². The minimum atomic E-state index is -0.141. The number of pyridine rings is 1. The maximum absolute atomic E-state index is 11.9. The predicted molar refractivity (Wildman–Crippen MR) is 127 cm³/mol. The Hall–Kier alpha value is -3.68. The fourth-order valence-electron chi connectivity index (χ4n) is 3.31. The number of methoxy groups -OCH3 is 1. The van der Waals surface area contributed by atoms with Crippen LogP contribution in [0.25, 0.3) is 11.3 Å². The number of ether oxygens (including phenoxy) is 1. The molecule has 0 radical (unpaired) electrons. The van der Waals surface area contributed by atoms with Crippen molar-refractivity contribution in [3.8, 4) is 17.0 Å². The first-order valence-electron chi connectivity index (χ1n) is 10.6. The van der Waals surface area contributed by atoms with E-state index in [1.165, 1.54) is 0 Å². The number of benzene rings is 1. The summed E-state index contributed by atoms with van der Waals surface area (Å²) in [5.41, 5.74) is 3.32. The molecule has 2 heterocycles. The van der Waals surface area contributed by atoms with Gasteiger partial charge in [0.25, 0.3) is 5.91 Å². The van der Waals surface area contributed by atoms with E-state index in [0.29, 0.717) is 17.9 Å². The van der Waals surface area contributed by atoms with E-state index in [1.54, 1.807) is 26.6 Å². The summed E-state index contributed by atoms with van der Waals surface area (Å²) in [4.78, 5) is 27.2. The Morgan fingerprint density at radius 2 is 1.97 bits per heavy atom. The van der Waals surface area contributed by atoms with Crippen molar-refractivity contribution in [1.82, 2.24) is 20.3 Å². The van der Waals surface area contributed by atoms with Crippen molar-refractivity contribution in [2.75, 3.05) is 44.5 Å². The first-order chi connectivity index (χ1) is 15.5. The molecule has 0 fully saturated rings. The zero-order valence-electron chi connectivity index (χ0n) is 19.2. The van der Waals surface area contributed by atoms with Crippen molar-refractivity contribution in [2.45, 2.75) is 19.8 Å². The lowest BCUT2D eigenvalue weighted by atomic mass is 9.98. The van der Waals surface area contributed by atoms with Gasteiger partial charge in [0, 0.05) is 56.5 Å². The molecule has 168 valence electrons. The van der Waals surface area contributed by atoms with Gasteiger partial charge >= 0.3 is 0 Å². The topological polar surface area (TPSA) is 92.3 Å². The van der Waals surface area contributed by atoms with Crippen LogP contribution in [-0.4, -0.2) is 55.2 Å². The standard InChI is InChI=1S/C24H30N6O2/c1-6-30(4)23-10-8-18(14-27-23)20-12-22(29-15-28-20)26-13-16(2)19-9-7-17(24(31)25-3)11-21(19)32-5/h7-12,14-16H,6,13H2,1-5H3,(H,25,31)(H,26,28,29)/t16-/m1/s1. The van der Waals surface area contributed by atoms with Crippen LogP contribution in [0.3, 0.4) is 0 Å². The lowest BCUT2D eigenvalue weighted by Gasteiger charge is -2.18. The molecule has 0 aliphatic carbocycles. The summed E-state index contributed by atoms with van der Waals surface area (Å²) < 4.78 is 5.52. The molecule has 1 amide bonds. The van der Waals surface area contributed by atoms with Crippen LogP contribution in [-0.2, 0) is 0 Å². The van der Waals surface area contributed by atoms with Gasteiger partial charge in [-0.1, -0.05) is 13.0 Å². The highest BCUT2D eigenvalue weighted by Gasteiger charge is 2.15. The molecule has 3 aromatic rings. The third-order valence-corrected chi connectivity index (χ3v) is 5.42. The van der Waals surface area contributed by atoms with Gasteiger partial charge in [0.1, 0.15) is 23.7 Å². The summed E-state index contributed by atoms with van der Waals surface area (Å²) >= 11 is 0. The Morgan fingerprint density at radius 3 is 2.62 bits per heavy atom. The molecule has 1 aromatic carbocycles. The second-order valence-electron chi connectivity index (χ2n) is 7.53. The average molecular weight is 435 g/mol. The lowest BCUT2D eigenvalue weighted by Crippen LogP contribution is -2.18. The van der Waals surface area contributed by atoms with Crippen molar-refractivity contribution >= 4 is 17.5 Å². The molecule has 8 nitrogen and oxygen atoms in total. The van der Waals surface area contributed by atoms with Gasteiger partial charge in [0.2, 0.25) is 0 Å². The quantitative estimate of drug-likeness (QED) is 0.532. The maximum Gasteiger partial charge on any atom is 0.251 e. The highest BCUT2D eigenvalue weighted by molar-refractivity contribution is 5.94. The van der Waals surface area contributed by atoms with Gasteiger partial charge in [-0.2, -0.15) is 0 Å². The van der Waals surface area contributed by atoms with Gasteiger partial charge < -0.3 is 20.3 Å².